The molecule has 1 heterocycles. The summed E-state index contributed by atoms with van der Waals surface area (Å²) in [6.07, 6.45) is 3.98. The van der Waals surface area contributed by atoms with Crippen LogP contribution in [0, 0.1) is 13.8 Å². The molecule has 4 heteroatoms. The lowest BCUT2D eigenvalue weighted by Crippen LogP contribution is -2.53. The van der Waals surface area contributed by atoms with Crippen molar-refractivity contribution in [1.82, 2.24) is 5.32 Å². The largest absolute Gasteiger partial charge is 0.480 e. The first-order valence-electron chi connectivity index (χ1n) is 7.73. The number of hydrogen-bond donors (Lipinski definition) is 2. The molecule has 21 heavy (non-hydrogen) atoms. The van der Waals surface area contributed by atoms with E-state index in [0.29, 0.717) is 6.42 Å². The third kappa shape index (κ3) is 2.64. The number of amides is 1. The zero-order valence-corrected chi connectivity index (χ0v) is 12.7. The van der Waals surface area contributed by atoms with Gasteiger partial charge in [0.05, 0.1) is 12.1 Å². The number of fused-ring (bicyclic) bond motifs is 1. The summed E-state index contributed by atoms with van der Waals surface area (Å²) in [5, 5.41) is 12.6. The maximum atomic E-state index is 12.5. The second-order valence-electron chi connectivity index (χ2n) is 6.49. The van der Waals surface area contributed by atoms with Crippen LogP contribution in [0.2, 0.25) is 0 Å². The molecule has 3 rings (SSSR count). The monoisotopic (exact) mass is 289 g/mol. The van der Waals surface area contributed by atoms with Gasteiger partial charge in [0.2, 0.25) is 0 Å². The SMILES string of the molecule is Cc1cc2c(cc1C)OC(C(=O)NC1(CO)CCCC1)C2. The molecule has 0 saturated heterocycles. The maximum absolute atomic E-state index is 12.5. The van der Waals surface area contributed by atoms with Gasteiger partial charge in [0.25, 0.3) is 5.91 Å². The van der Waals surface area contributed by atoms with Crippen molar-refractivity contribution in [1.29, 1.82) is 0 Å². The van der Waals surface area contributed by atoms with Gasteiger partial charge >= 0.3 is 0 Å². The van der Waals surface area contributed by atoms with Gasteiger partial charge in [-0.1, -0.05) is 18.9 Å². The Kier molecular flexibility index (Phi) is 3.66. The Morgan fingerprint density at radius 2 is 2.00 bits per heavy atom. The van der Waals surface area contributed by atoms with E-state index in [1.807, 2.05) is 13.0 Å². The number of rotatable bonds is 3. The minimum Gasteiger partial charge on any atom is -0.480 e. The summed E-state index contributed by atoms with van der Waals surface area (Å²) < 4.78 is 5.81. The standard InChI is InChI=1S/C17H23NO3/c1-11-7-13-9-15(21-14(13)8-12(11)2)16(20)18-17(10-19)5-3-4-6-17/h7-8,15,19H,3-6,9-10H2,1-2H3,(H,18,20). The number of benzene rings is 1. The summed E-state index contributed by atoms with van der Waals surface area (Å²) in [4.78, 5) is 12.5. The first-order valence-corrected chi connectivity index (χ1v) is 7.73. The van der Waals surface area contributed by atoms with Gasteiger partial charge in [0, 0.05) is 6.42 Å². The van der Waals surface area contributed by atoms with E-state index in [2.05, 4.69) is 18.3 Å². The highest BCUT2D eigenvalue weighted by Crippen LogP contribution is 2.33. The number of aryl methyl sites for hydroxylation is 2. The van der Waals surface area contributed by atoms with Crippen LogP contribution in [0.1, 0.15) is 42.4 Å². The van der Waals surface area contributed by atoms with Crippen molar-refractivity contribution >= 4 is 5.91 Å². The smallest absolute Gasteiger partial charge is 0.261 e. The van der Waals surface area contributed by atoms with Crippen molar-refractivity contribution in [3.05, 3.63) is 28.8 Å². The van der Waals surface area contributed by atoms with Crippen LogP contribution in [0.25, 0.3) is 0 Å². The summed E-state index contributed by atoms with van der Waals surface area (Å²) in [6.45, 7) is 4.13. The number of hydrogen-bond acceptors (Lipinski definition) is 3. The first-order chi connectivity index (χ1) is 10.0. The minimum absolute atomic E-state index is 0.0105. The van der Waals surface area contributed by atoms with Crippen molar-refractivity contribution in [2.45, 2.75) is 57.6 Å². The fourth-order valence-electron chi connectivity index (χ4n) is 3.38. The van der Waals surface area contributed by atoms with E-state index in [4.69, 9.17) is 4.74 Å². The number of ether oxygens (including phenoxy) is 1. The Labute approximate surface area is 125 Å². The zero-order valence-electron chi connectivity index (χ0n) is 12.7. The van der Waals surface area contributed by atoms with E-state index in [1.54, 1.807) is 0 Å². The molecule has 1 unspecified atom stereocenters. The van der Waals surface area contributed by atoms with Gasteiger partial charge in [0.1, 0.15) is 5.75 Å². The van der Waals surface area contributed by atoms with E-state index >= 15 is 0 Å². The number of carbonyl (C=O) groups is 1. The van der Waals surface area contributed by atoms with Gasteiger partial charge in [-0.25, -0.2) is 0 Å². The second-order valence-corrected chi connectivity index (χ2v) is 6.49. The summed E-state index contributed by atoms with van der Waals surface area (Å²) in [5.74, 6) is 0.722. The van der Waals surface area contributed by atoms with Gasteiger partial charge in [-0.15, -0.1) is 0 Å². The lowest BCUT2D eigenvalue weighted by molar-refractivity contribution is -0.129. The van der Waals surface area contributed by atoms with Crippen LogP contribution < -0.4 is 10.1 Å². The molecule has 0 radical (unpaired) electrons. The molecular formula is C17H23NO3. The average Bonchev–Trinajstić information content (AvgIpc) is 3.07. The van der Waals surface area contributed by atoms with Crippen LogP contribution in [0.15, 0.2) is 12.1 Å². The fraction of sp³-hybridized carbons (Fsp3) is 0.588. The van der Waals surface area contributed by atoms with Crippen LogP contribution in [-0.4, -0.2) is 29.3 Å². The van der Waals surface area contributed by atoms with Crippen LogP contribution in [0.4, 0.5) is 0 Å². The maximum Gasteiger partial charge on any atom is 0.261 e. The Morgan fingerprint density at radius 3 is 2.67 bits per heavy atom. The molecule has 1 aliphatic carbocycles. The zero-order chi connectivity index (χ0) is 15.0. The summed E-state index contributed by atoms with van der Waals surface area (Å²) in [6, 6.07) is 4.12. The number of aliphatic hydroxyl groups is 1. The molecule has 1 aromatic rings. The summed E-state index contributed by atoms with van der Waals surface area (Å²) in [5.41, 5.74) is 3.07. The third-order valence-corrected chi connectivity index (χ3v) is 4.90. The molecule has 0 spiro atoms. The number of nitrogens with one attached hydrogen (secondary N) is 1. The van der Waals surface area contributed by atoms with E-state index in [-0.39, 0.29) is 12.5 Å². The van der Waals surface area contributed by atoms with Crippen LogP contribution in [0.5, 0.6) is 5.75 Å². The number of aliphatic hydroxyl groups excluding tert-OH is 1. The predicted octanol–water partition coefficient (Wildman–Crippen LogP) is 2.03. The molecule has 2 N–H and O–H groups in total. The second kappa shape index (κ2) is 5.34. The van der Waals surface area contributed by atoms with Crippen molar-refractivity contribution in [2.24, 2.45) is 0 Å². The molecule has 0 bridgehead atoms. The van der Waals surface area contributed by atoms with Crippen LogP contribution >= 0.6 is 0 Å². The van der Waals surface area contributed by atoms with E-state index in [1.165, 1.54) is 11.1 Å². The molecule has 1 saturated carbocycles. The normalized spacial score (nSPS) is 22.7. The topological polar surface area (TPSA) is 58.6 Å². The molecule has 1 atom stereocenters. The molecule has 114 valence electrons. The van der Waals surface area contributed by atoms with Gasteiger partial charge in [-0.05, 0) is 49.4 Å². The minimum atomic E-state index is -0.467. The summed E-state index contributed by atoms with van der Waals surface area (Å²) >= 11 is 0. The highest BCUT2D eigenvalue weighted by molar-refractivity contribution is 5.83. The van der Waals surface area contributed by atoms with Gasteiger partial charge in [-0.2, -0.15) is 0 Å². The molecule has 1 fully saturated rings. The Hall–Kier alpha value is -1.55. The Bertz CT molecular complexity index is 530. The van der Waals surface area contributed by atoms with E-state index in [0.717, 1.165) is 37.0 Å². The molecule has 1 amide bonds. The van der Waals surface area contributed by atoms with Gasteiger partial charge in [0.15, 0.2) is 6.10 Å². The highest BCUT2D eigenvalue weighted by Gasteiger charge is 2.38. The summed E-state index contributed by atoms with van der Waals surface area (Å²) in [7, 11) is 0. The van der Waals surface area contributed by atoms with Crippen molar-refractivity contribution in [3.63, 3.8) is 0 Å². The van der Waals surface area contributed by atoms with E-state index < -0.39 is 11.6 Å². The fourth-order valence-corrected chi connectivity index (χ4v) is 3.38. The van der Waals surface area contributed by atoms with Crippen LogP contribution in [-0.2, 0) is 11.2 Å². The van der Waals surface area contributed by atoms with Crippen molar-refractivity contribution in [2.75, 3.05) is 6.61 Å². The predicted molar refractivity (Wildman–Crippen MR) is 80.5 cm³/mol. The molecule has 0 aromatic heterocycles. The van der Waals surface area contributed by atoms with Crippen molar-refractivity contribution in [3.8, 4) is 5.75 Å². The molecular weight excluding hydrogens is 266 g/mol. The van der Waals surface area contributed by atoms with Crippen molar-refractivity contribution < 1.29 is 14.6 Å². The lowest BCUT2D eigenvalue weighted by Gasteiger charge is -2.29. The molecule has 2 aliphatic rings. The highest BCUT2D eigenvalue weighted by atomic mass is 16.5. The molecule has 1 aromatic carbocycles. The third-order valence-electron chi connectivity index (χ3n) is 4.90. The lowest BCUT2D eigenvalue weighted by atomic mass is 9.98. The van der Waals surface area contributed by atoms with Gasteiger partial charge in [-0.3, -0.25) is 4.79 Å². The molecule has 4 nitrogen and oxygen atoms in total. The molecule has 1 aliphatic heterocycles. The average molecular weight is 289 g/mol. The Morgan fingerprint density at radius 1 is 1.33 bits per heavy atom. The first kappa shape index (κ1) is 14.4. The number of carbonyl (C=O) groups excluding carboxylic acids is 1. The Balaban J connectivity index is 1.70. The quantitative estimate of drug-likeness (QED) is 0.895. The van der Waals surface area contributed by atoms with Crippen LogP contribution in [0.3, 0.4) is 0 Å². The van der Waals surface area contributed by atoms with E-state index in [9.17, 15) is 9.90 Å². The van der Waals surface area contributed by atoms with Gasteiger partial charge < -0.3 is 15.2 Å².